The number of hydrogen-bond donors (Lipinski definition) is 0. The SMILES string of the molecule is CCC(/C=C1\Oc2ccc(-c3ccccc3)cc2N1CS(=O)(=O)ON1CCCCC1)=C\c1oc2ccc(-c3ccccc3)cc2[n+]1CS(=O)(=O)[O-]. The third kappa shape index (κ3) is 8.08. The Morgan fingerprint density at radius 3 is 2.14 bits per heavy atom. The Labute approximate surface area is 297 Å². The number of nitrogens with zero attached hydrogens (tertiary/aromatic N) is 3. The van der Waals surface area contributed by atoms with Crippen molar-refractivity contribution in [3.8, 4) is 28.0 Å². The van der Waals surface area contributed by atoms with E-state index in [0.717, 1.165) is 41.5 Å². The van der Waals surface area contributed by atoms with Crippen molar-refractivity contribution in [2.75, 3.05) is 23.9 Å². The summed E-state index contributed by atoms with van der Waals surface area (Å²) < 4.78 is 82.6. The van der Waals surface area contributed by atoms with Gasteiger partial charge in [0.15, 0.2) is 21.7 Å². The lowest BCUT2D eigenvalue weighted by molar-refractivity contribution is -0.658. The van der Waals surface area contributed by atoms with Crippen molar-refractivity contribution in [1.29, 1.82) is 0 Å². The largest absolute Gasteiger partial charge is 0.743 e. The van der Waals surface area contributed by atoms with E-state index in [1.165, 1.54) is 9.63 Å². The van der Waals surface area contributed by atoms with Gasteiger partial charge in [0.1, 0.15) is 0 Å². The molecule has 264 valence electrons. The predicted molar refractivity (Wildman–Crippen MR) is 193 cm³/mol. The molecule has 2 aliphatic rings. The Balaban J connectivity index is 1.29. The number of ether oxygens (including phenoxy) is 1. The number of aromatic nitrogens is 1. The molecule has 1 saturated heterocycles. The molecule has 1 fully saturated rings. The molecule has 51 heavy (non-hydrogen) atoms. The highest BCUT2D eigenvalue weighted by atomic mass is 32.2. The van der Waals surface area contributed by atoms with Crippen LogP contribution in [0.3, 0.4) is 0 Å². The van der Waals surface area contributed by atoms with Crippen LogP contribution in [-0.2, 0) is 30.4 Å². The van der Waals surface area contributed by atoms with Gasteiger partial charge < -0.3 is 13.7 Å². The fourth-order valence-electron chi connectivity index (χ4n) is 6.31. The molecule has 5 aromatic rings. The standard InChI is InChI=1S/C38H37N3O8S2/c1-2-28(22-37-40(26-50(42,43)44)33-24-31(16-18-35(33)47-37)29-12-6-3-7-13-29)23-38-41(27-51(45,46)49-39-20-10-5-11-21-39)34-25-32(17-19-36(34)48-38)30-14-8-4-9-15-30/h3-4,6-9,12-19,22-25H,2,5,10-11,20-21,26-27H2,1H3. The highest BCUT2D eigenvalue weighted by Gasteiger charge is 2.33. The zero-order chi connectivity index (χ0) is 35.6. The summed E-state index contributed by atoms with van der Waals surface area (Å²) in [5, 5.41) is 1.49. The molecular formula is C38H37N3O8S2. The fraction of sp³-hybridized carbons (Fsp3) is 0.237. The van der Waals surface area contributed by atoms with E-state index in [1.807, 2.05) is 85.8 Å². The first-order valence-electron chi connectivity index (χ1n) is 16.7. The van der Waals surface area contributed by atoms with Gasteiger partial charge in [-0.2, -0.15) is 17.8 Å². The fourth-order valence-corrected chi connectivity index (χ4v) is 7.99. The van der Waals surface area contributed by atoms with Gasteiger partial charge in [-0.25, -0.2) is 8.42 Å². The van der Waals surface area contributed by atoms with Crippen LogP contribution in [-0.4, -0.2) is 45.4 Å². The Kier molecular flexibility index (Phi) is 9.81. The van der Waals surface area contributed by atoms with Crippen molar-refractivity contribution in [2.24, 2.45) is 0 Å². The molecule has 0 N–H and O–H groups in total. The number of hydrogen-bond acceptors (Lipinski definition) is 10. The normalized spacial score (nSPS) is 16.5. The van der Waals surface area contributed by atoms with Crippen LogP contribution >= 0.6 is 0 Å². The van der Waals surface area contributed by atoms with E-state index in [0.29, 0.717) is 47.6 Å². The Hall–Kier alpha value is -4.79. The zero-order valence-corrected chi connectivity index (χ0v) is 29.6. The second kappa shape index (κ2) is 14.4. The summed E-state index contributed by atoms with van der Waals surface area (Å²) in [5.41, 5.74) is 5.58. The number of oxazole rings is 1. The number of fused-ring (bicyclic) bond motifs is 2. The second-order valence-electron chi connectivity index (χ2n) is 12.5. The quantitative estimate of drug-likeness (QED) is 0.106. The minimum atomic E-state index is -4.72. The van der Waals surface area contributed by atoms with Gasteiger partial charge in [0.25, 0.3) is 5.52 Å². The van der Waals surface area contributed by atoms with Crippen LogP contribution in [0.15, 0.2) is 119 Å². The molecule has 7 rings (SSSR count). The highest BCUT2D eigenvalue weighted by molar-refractivity contribution is 7.86. The predicted octanol–water partition coefficient (Wildman–Crippen LogP) is 6.80. The lowest BCUT2D eigenvalue weighted by Crippen LogP contribution is -2.39. The average molecular weight is 728 g/mol. The van der Waals surface area contributed by atoms with E-state index in [2.05, 4.69) is 0 Å². The van der Waals surface area contributed by atoms with Gasteiger partial charge in [-0.3, -0.25) is 4.90 Å². The Morgan fingerprint density at radius 1 is 0.843 bits per heavy atom. The number of anilines is 1. The molecule has 0 bridgehead atoms. The highest BCUT2D eigenvalue weighted by Crippen LogP contribution is 2.42. The van der Waals surface area contributed by atoms with Crippen LogP contribution in [0.1, 0.15) is 38.5 Å². The smallest absolute Gasteiger partial charge is 0.375 e. The Morgan fingerprint density at radius 2 is 1.49 bits per heavy atom. The maximum atomic E-state index is 13.5. The number of allylic oxidation sites excluding steroid dienone is 2. The lowest BCUT2D eigenvalue weighted by atomic mass is 10.0. The van der Waals surface area contributed by atoms with Gasteiger partial charge in [0.05, 0.1) is 11.8 Å². The van der Waals surface area contributed by atoms with Crippen molar-refractivity contribution >= 4 is 43.1 Å². The third-order valence-corrected chi connectivity index (χ3v) is 10.4. The molecule has 4 aromatic carbocycles. The number of piperidine rings is 1. The minimum absolute atomic E-state index is 0.137. The number of rotatable bonds is 11. The third-order valence-electron chi connectivity index (χ3n) is 8.81. The first kappa shape index (κ1) is 34.6. The van der Waals surface area contributed by atoms with Crippen LogP contribution < -0.4 is 14.2 Å². The molecule has 0 atom stereocenters. The summed E-state index contributed by atoms with van der Waals surface area (Å²) in [6.45, 7) is 2.95. The molecule has 13 heteroatoms. The van der Waals surface area contributed by atoms with Gasteiger partial charge in [-0.1, -0.05) is 86.1 Å². The summed E-state index contributed by atoms with van der Waals surface area (Å²) in [7, 11) is -8.82. The molecule has 0 saturated carbocycles. The van der Waals surface area contributed by atoms with Crippen molar-refractivity contribution in [3.05, 3.63) is 120 Å². The lowest BCUT2D eigenvalue weighted by Gasteiger charge is -2.26. The van der Waals surface area contributed by atoms with Crippen molar-refractivity contribution in [3.63, 3.8) is 0 Å². The monoisotopic (exact) mass is 727 g/mol. The molecule has 0 unspecified atom stereocenters. The molecular weight excluding hydrogens is 691 g/mol. The average Bonchev–Trinajstić information content (AvgIpc) is 3.63. The van der Waals surface area contributed by atoms with Gasteiger partial charge in [-0.15, -0.1) is 4.57 Å². The van der Waals surface area contributed by atoms with Gasteiger partial charge in [-0.05, 0) is 65.3 Å². The van der Waals surface area contributed by atoms with Gasteiger partial charge in [0, 0.05) is 25.2 Å². The van der Waals surface area contributed by atoms with Gasteiger partial charge in [0.2, 0.25) is 17.3 Å². The Bertz CT molecular complexity index is 2330. The number of hydroxylamine groups is 2. The van der Waals surface area contributed by atoms with Crippen LogP contribution in [0.5, 0.6) is 5.75 Å². The molecule has 1 aromatic heterocycles. The van der Waals surface area contributed by atoms with Crippen LogP contribution in [0.25, 0.3) is 39.4 Å². The zero-order valence-electron chi connectivity index (χ0n) is 28.0. The molecule has 3 heterocycles. The summed E-state index contributed by atoms with van der Waals surface area (Å²) in [6, 6.07) is 30.3. The maximum absolute atomic E-state index is 13.5. The van der Waals surface area contributed by atoms with E-state index in [4.69, 9.17) is 13.4 Å². The summed E-state index contributed by atoms with van der Waals surface area (Å²) >= 11 is 0. The number of benzene rings is 4. The molecule has 11 nitrogen and oxygen atoms in total. The van der Waals surface area contributed by atoms with Gasteiger partial charge >= 0.3 is 16.0 Å². The first-order valence-corrected chi connectivity index (χ1v) is 19.9. The topological polar surface area (TPSA) is 133 Å². The van der Waals surface area contributed by atoms with Crippen LogP contribution in [0.2, 0.25) is 0 Å². The molecule has 0 amide bonds. The van der Waals surface area contributed by atoms with Crippen molar-refractivity contribution in [2.45, 2.75) is 38.5 Å². The molecule has 0 radical (unpaired) electrons. The van der Waals surface area contributed by atoms with Crippen LogP contribution in [0.4, 0.5) is 5.69 Å². The summed E-state index contributed by atoms with van der Waals surface area (Å²) in [4.78, 5) is 1.56. The van der Waals surface area contributed by atoms with E-state index in [-0.39, 0.29) is 11.8 Å². The summed E-state index contributed by atoms with van der Waals surface area (Å²) in [6.07, 6.45) is 6.49. The molecule has 2 aliphatic heterocycles. The van der Waals surface area contributed by atoms with Crippen molar-refractivity contribution in [1.82, 2.24) is 5.06 Å². The van der Waals surface area contributed by atoms with E-state index >= 15 is 0 Å². The molecule has 0 aliphatic carbocycles. The van der Waals surface area contributed by atoms with E-state index < -0.39 is 32.0 Å². The maximum Gasteiger partial charge on any atom is 0.375 e. The van der Waals surface area contributed by atoms with E-state index in [9.17, 15) is 21.4 Å². The van der Waals surface area contributed by atoms with Crippen LogP contribution in [0, 0.1) is 0 Å². The first-order chi connectivity index (χ1) is 24.5. The molecule has 0 spiro atoms. The summed E-state index contributed by atoms with van der Waals surface area (Å²) in [5.74, 6) is -0.523. The van der Waals surface area contributed by atoms with E-state index in [1.54, 1.807) is 35.3 Å². The van der Waals surface area contributed by atoms with Crippen molar-refractivity contribution < 1.29 is 39.4 Å². The minimum Gasteiger partial charge on any atom is -0.743 e. The second-order valence-corrected chi connectivity index (χ2v) is 15.4.